The van der Waals surface area contributed by atoms with Gasteiger partial charge in [0.2, 0.25) is 0 Å². The van der Waals surface area contributed by atoms with E-state index in [-0.39, 0.29) is 32.2 Å². The van der Waals surface area contributed by atoms with Gasteiger partial charge in [0.15, 0.2) is 30.6 Å². The Morgan fingerprint density at radius 1 is 1.00 bits per heavy atom. The highest BCUT2D eigenvalue weighted by Crippen LogP contribution is 2.28. The number of hydrogen-bond acceptors (Lipinski definition) is 8. The molecule has 4 aromatic rings. The van der Waals surface area contributed by atoms with E-state index in [0.717, 1.165) is 17.6 Å². The van der Waals surface area contributed by atoms with Crippen molar-refractivity contribution in [3.63, 3.8) is 0 Å². The molecule has 1 amide bonds. The molecule has 1 N–H and O–H groups in total. The maximum absolute atomic E-state index is 12.5. The zero-order chi connectivity index (χ0) is 22.2. The van der Waals surface area contributed by atoms with Crippen molar-refractivity contribution in [3.05, 3.63) is 72.2 Å². The number of furan rings is 1. The largest absolute Gasteiger partial charge is 0.455 e. The Balaban J connectivity index is 1.50. The number of hydrogen-bond donors (Lipinski definition) is 1. The Hall–Kier alpha value is -3.02. The lowest BCUT2D eigenvalue weighted by atomic mass is 10.3. The maximum Gasteiger partial charge on any atom is 0.293 e. The normalized spacial score (nSPS) is 12.2. The van der Waals surface area contributed by atoms with Gasteiger partial charge in [0, 0.05) is 6.26 Å². The Morgan fingerprint density at radius 3 is 2.45 bits per heavy atom. The van der Waals surface area contributed by atoms with Crippen LogP contribution in [0.15, 0.2) is 74.9 Å². The van der Waals surface area contributed by atoms with E-state index in [0.29, 0.717) is 10.2 Å². The van der Waals surface area contributed by atoms with E-state index < -0.39 is 25.6 Å². The van der Waals surface area contributed by atoms with Crippen LogP contribution in [-0.4, -0.2) is 34.0 Å². The first kappa shape index (κ1) is 21.2. The third-order valence-electron chi connectivity index (χ3n) is 4.33. The van der Waals surface area contributed by atoms with Crippen LogP contribution in [0.1, 0.15) is 16.3 Å². The smallest absolute Gasteiger partial charge is 0.293 e. The summed E-state index contributed by atoms with van der Waals surface area (Å²) >= 11 is 1.12. The SMILES string of the molecule is CS(=O)(=O)c1ccc2nc(NC(=O)c3ccc(CS(=O)(=O)c4ccccc4)o3)sc2c1. The van der Waals surface area contributed by atoms with Crippen LogP contribution < -0.4 is 5.32 Å². The van der Waals surface area contributed by atoms with Crippen LogP contribution in [0.4, 0.5) is 5.13 Å². The Morgan fingerprint density at radius 2 is 1.74 bits per heavy atom. The average Bonchev–Trinajstić information content (AvgIpc) is 3.33. The minimum Gasteiger partial charge on any atom is -0.455 e. The second-order valence-corrected chi connectivity index (χ2v) is 11.7. The van der Waals surface area contributed by atoms with Gasteiger partial charge in [0.1, 0.15) is 11.5 Å². The fourth-order valence-corrected chi connectivity index (χ4v) is 5.71. The van der Waals surface area contributed by atoms with E-state index in [1.165, 1.54) is 36.4 Å². The molecule has 0 aliphatic heterocycles. The van der Waals surface area contributed by atoms with E-state index in [9.17, 15) is 21.6 Å². The minimum atomic E-state index is -3.60. The van der Waals surface area contributed by atoms with Crippen LogP contribution in [0.2, 0.25) is 0 Å². The van der Waals surface area contributed by atoms with E-state index in [4.69, 9.17) is 4.42 Å². The number of thiazole rings is 1. The second kappa shape index (κ2) is 7.91. The van der Waals surface area contributed by atoms with Gasteiger partial charge in [0.25, 0.3) is 5.91 Å². The number of fused-ring (bicyclic) bond motifs is 1. The lowest BCUT2D eigenvalue weighted by Gasteiger charge is -2.02. The van der Waals surface area contributed by atoms with E-state index in [1.54, 1.807) is 24.3 Å². The molecule has 0 aliphatic rings. The van der Waals surface area contributed by atoms with Gasteiger partial charge in [0.05, 0.1) is 20.0 Å². The number of benzene rings is 2. The molecule has 2 heterocycles. The van der Waals surface area contributed by atoms with Crippen LogP contribution in [0.25, 0.3) is 10.2 Å². The standard InChI is InChI=1S/C20H16N2O6S3/c1-30(24,25)15-8-9-16-18(11-15)29-20(21-16)22-19(23)17-10-7-13(28-17)12-31(26,27)14-5-3-2-4-6-14/h2-11H,12H2,1H3,(H,21,22,23). The molecule has 11 heteroatoms. The Labute approximate surface area is 182 Å². The summed E-state index contributed by atoms with van der Waals surface area (Å²) in [6.07, 6.45) is 1.12. The number of nitrogens with zero attached hydrogens (tertiary/aromatic N) is 1. The molecule has 0 spiro atoms. The van der Waals surface area contributed by atoms with Crippen molar-refractivity contribution in [2.24, 2.45) is 0 Å². The number of anilines is 1. The number of amides is 1. The molecule has 4 rings (SSSR count). The summed E-state index contributed by atoms with van der Waals surface area (Å²) in [4.78, 5) is 17.1. The van der Waals surface area contributed by atoms with E-state index >= 15 is 0 Å². The van der Waals surface area contributed by atoms with Crippen molar-refractivity contribution in [1.29, 1.82) is 0 Å². The first-order chi connectivity index (χ1) is 14.6. The molecule has 0 saturated heterocycles. The molecule has 2 aromatic carbocycles. The number of rotatable bonds is 6. The highest BCUT2D eigenvalue weighted by molar-refractivity contribution is 7.91. The first-order valence-electron chi connectivity index (χ1n) is 8.90. The van der Waals surface area contributed by atoms with Gasteiger partial charge in [-0.3, -0.25) is 10.1 Å². The molecular weight excluding hydrogens is 460 g/mol. The van der Waals surface area contributed by atoms with Gasteiger partial charge >= 0.3 is 0 Å². The summed E-state index contributed by atoms with van der Waals surface area (Å²) in [6, 6.07) is 15.3. The Bertz CT molecular complexity index is 1490. The quantitative estimate of drug-likeness (QED) is 0.451. The molecule has 0 aliphatic carbocycles. The molecule has 8 nitrogen and oxygen atoms in total. The highest BCUT2D eigenvalue weighted by atomic mass is 32.2. The summed E-state index contributed by atoms with van der Waals surface area (Å²) in [5.74, 6) is -0.893. The molecule has 31 heavy (non-hydrogen) atoms. The van der Waals surface area contributed by atoms with Gasteiger partial charge in [-0.05, 0) is 42.5 Å². The van der Waals surface area contributed by atoms with Crippen LogP contribution in [0, 0.1) is 0 Å². The highest BCUT2D eigenvalue weighted by Gasteiger charge is 2.20. The van der Waals surface area contributed by atoms with Crippen LogP contribution in [-0.2, 0) is 25.4 Å². The molecule has 0 fully saturated rings. The zero-order valence-corrected chi connectivity index (χ0v) is 18.6. The van der Waals surface area contributed by atoms with Gasteiger partial charge in [-0.1, -0.05) is 29.5 Å². The minimum absolute atomic E-state index is 0.0608. The van der Waals surface area contributed by atoms with Gasteiger partial charge < -0.3 is 4.42 Å². The van der Waals surface area contributed by atoms with Gasteiger partial charge in [-0.2, -0.15) is 0 Å². The summed E-state index contributed by atoms with van der Waals surface area (Å²) in [6.45, 7) is 0. The van der Waals surface area contributed by atoms with Crippen molar-refractivity contribution < 1.29 is 26.0 Å². The summed E-state index contributed by atoms with van der Waals surface area (Å²) in [7, 11) is -6.96. The molecule has 0 radical (unpaired) electrons. The van der Waals surface area contributed by atoms with Crippen LogP contribution in [0.5, 0.6) is 0 Å². The predicted octanol–water partition coefficient (Wildman–Crippen LogP) is 3.52. The van der Waals surface area contributed by atoms with Gasteiger partial charge in [-0.15, -0.1) is 0 Å². The topological polar surface area (TPSA) is 123 Å². The number of sulfone groups is 2. The lowest BCUT2D eigenvalue weighted by molar-refractivity contribution is 0.0995. The molecule has 0 unspecified atom stereocenters. The van der Waals surface area contributed by atoms with E-state index in [1.807, 2.05) is 0 Å². The molecule has 0 saturated carbocycles. The number of aromatic nitrogens is 1. The average molecular weight is 477 g/mol. The van der Waals surface area contributed by atoms with Crippen molar-refractivity contribution >= 4 is 52.3 Å². The van der Waals surface area contributed by atoms with Crippen molar-refractivity contribution in [1.82, 2.24) is 4.98 Å². The first-order valence-corrected chi connectivity index (χ1v) is 13.3. The van der Waals surface area contributed by atoms with Crippen molar-refractivity contribution in [2.45, 2.75) is 15.5 Å². The predicted molar refractivity (Wildman–Crippen MR) is 117 cm³/mol. The van der Waals surface area contributed by atoms with Crippen LogP contribution in [0.3, 0.4) is 0 Å². The summed E-state index contributed by atoms with van der Waals surface area (Å²) in [5.41, 5.74) is 0.543. The fourth-order valence-electron chi connectivity index (χ4n) is 2.82. The van der Waals surface area contributed by atoms with Crippen LogP contribution >= 0.6 is 11.3 Å². The molecule has 0 bridgehead atoms. The van der Waals surface area contributed by atoms with Gasteiger partial charge in [-0.25, -0.2) is 21.8 Å². The molecule has 0 atom stereocenters. The lowest BCUT2D eigenvalue weighted by Crippen LogP contribution is -2.10. The molecule has 2 aromatic heterocycles. The summed E-state index contributed by atoms with van der Waals surface area (Å²) < 4.78 is 54.3. The monoisotopic (exact) mass is 476 g/mol. The fraction of sp³-hybridized carbons (Fsp3) is 0.100. The van der Waals surface area contributed by atoms with Crippen molar-refractivity contribution in [2.75, 3.05) is 11.6 Å². The Kier molecular flexibility index (Phi) is 5.42. The van der Waals surface area contributed by atoms with Crippen molar-refractivity contribution in [3.8, 4) is 0 Å². The number of carbonyl (C=O) groups excluding carboxylic acids is 1. The maximum atomic E-state index is 12.5. The third-order valence-corrected chi connectivity index (χ3v) is 8.03. The zero-order valence-electron chi connectivity index (χ0n) is 16.1. The third kappa shape index (κ3) is 4.68. The molecular formula is C20H16N2O6S3. The second-order valence-electron chi connectivity index (χ2n) is 6.71. The number of nitrogens with one attached hydrogen (secondary N) is 1. The summed E-state index contributed by atoms with van der Waals surface area (Å²) in [5, 5.41) is 2.85. The van der Waals surface area contributed by atoms with E-state index in [2.05, 4.69) is 10.3 Å². The molecule has 160 valence electrons. The number of carbonyl (C=O) groups is 1.